The monoisotopic (exact) mass is 170 g/mol. The molecule has 3 nitrogen and oxygen atoms in total. The maximum absolute atomic E-state index is 5.65. The van der Waals surface area contributed by atoms with Gasteiger partial charge in [-0.3, -0.25) is 0 Å². The zero-order chi connectivity index (χ0) is 8.43. The van der Waals surface area contributed by atoms with Crippen LogP contribution in [0.5, 0.6) is 5.88 Å². The summed E-state index contributed by atoms with van der Waals surface area (Å²) in [5.74, 6) is 0.518. The van der Waals surface area contributed by atoms with Gasteiger partial charge in [0, 0.05) is 0 Å². The molecule has 0 aliphatic carbocycles. The highest BCUT2D eigenvalue weighted by atomic mass is 35.5. The summed E-state index contributed by atoms with van der Waals surface area (Å²) in [4.78, 5) is 3.91. The fraction of sp³-hybridized carbons (Fsp3) is 0.167. The largest absolute Gasteiger partial charge is 0.481 e. The van der Waals surface area contributed by atoms with Gasteiger partial charge < -0.3 is 10.5 Å². The van der Waals surface area contributed by atoms with E-state index in [0.717, 1.165) is 5.46 Å². The van der Waals surface area contributed by atoms with E-state index in [2.05, 4.69) is 4.98 Å². The van der Waals surface area contributed by atoms with Crippen LogP contribution >= 0.6 is 11.6 Å². The molecule has 0 spiro atoms. The molecule has 0 saturated carbocycles. The standard InChI is InChI=1S/C6H8BClN2O/c1-11-6-3(7)2-4(9)5(8)10-6/h2H,7,9H2,1H3. The van der Waals surface area contributed by atoms with Crippen molar-refractivity contribution >= 4 is 30.6 Å². The SMILES string of the molecule is Bc1cc(N)c(Cl)nc1OC. The smallest absolute Gasteiger partial charge is 0.207 e. The Morgan fingerprint density at radius 3 is 2.91 bits per heavy atom. The van der Waals surface area contributed by atoms with Crippen molar-refractivity contribution in [3.8, 4) is 5.88 Å². The molecule has 0 saturated heterocycles. The van der Waals surface area contributed by atoms with Crippen molar-refractivity contribution in [2.75, 3.05) is 12.8 Å². The molecule has 5 heteroatoms. The predicted octanol–water partition coefficient (Wildman–Crippen LogP) is -0.416. The number of halogens is 1. The average Bonchev–Trinajstić information content (AvgIpc) is 1.97. The minimum atomic E-state index is 0.285. The van der Waals surface area contributed by atoms with E-state index in [1.165, 1.54) is 0 Å². The van der Waals surface area contributed by atoms with E-state index in [1.807, 2.05) is 7.85 Å². The molecule has 0 amide bonds. The summed E-state index contributed by atoms with van der Waals surface area (Å²) >= 11 is 5.65. The Morgan fingerprint density at radius 1 is 1.73 bits per heavy atom. The number of anilines is 1. The fourth-order valence-electron chi connectivity index (χ4n) is 0.803. The molecule has 0 radical (unpaired) electrons. The summed E-state index contributed by atoms with van der Waals surface area (Å²) in [6, 6.07) is 1.73. The van der Waals surface area contributed by atoms with Crippen molar-refractivity contribution < 1.29 is 4.74 Å². The number of nitrogen functional groups attached to an aromatic ring is 1. The van der Waals surface area contributed by atoms with E-state index < -0.39 is 0 Å². The average molecular weight is 170 g/mol. The number of methoxy groups -OCH3 is 1. The van der Waals surface area contributed by atoms with Crippen molar-refractivity contribution in [3.63, 3.8) is 0 Å². The fourth-order valence-corrected chi connectivity index (χ4v) is 0.934. The number of rotatable bonds is 1. The molecule has 0 fully saturated rings. The maximum Gasteiger partial charge on any atom is 0.207 e. The van der Waals surface area contributed by atoms with E-state index >= 15 is 0 Å². The van der Waals surface area contributed by atoms with E-state index in [-0.39, 0.29) is 5.15 Å². The van der Waals surface area contributed by atoms with Crippen LogP contribution in [0.15, 0.2) is 6.07 Å². The van der Waals surface area contributed by atoms with Crippen molar-refractivity contribution in [1.29, 1.82) is 0 Å². The first-order valence-corrected chi connectivity index (χ1v) is 3.49. The lowest BCUT2D eigenvalue weighted by Gasteiger charge is -2.04. The van der Waals surface area contributed by atoms with Crippen LogP contribution < -0.4 is 15.9 Å². The van der Waals surface area contributed by atoms with Gasteiger partial charge in [0.05, 0.1) is 12.8 Å². The highest BCUT2D eigenvalue weighted by Crippen LogP contribution is 2.16. The lowest BCUT2D eigenvalue weighted by atomic mass is 9.97. The Hall–Kier alpha value is -0.895. The van der Waals surface area contributed by atoms with E-state index in [9.17, 15) is 0 Å². The number of nitrogens with zero attached hydrogens (tertiary/aromatic N) is 1. The number of pyridine rings is 1. The van der Waals surface area contributed by atoms with Gasteiger partial charge in [0.15, 0.2) is 5.15 Å². The number of hydrogen-bond donors (Lipinski definition) is 1. The van der Waals surface area contributed by atoms with Gasteiger partial charge in [-0.2, -0.15) is 4.98 Å². The van der Waals surface area contributed by atoms with Crippen LogP contribution in [0.3, 0.4) is 0 Å². The Kier molecular flexibility index (Phi) is 2.24. The molecule has 11 heavy (non-hydrogen) atoms. The van der Waals surface area contributed by atoms with Gasteiger partial charge in [-0.1, -0.05) is 11.6 Å². The Labute approximate surface area is 70.9 Å². The highest BCUT2D eigenvalue weighted by Gasteiger charge is 2.03. The van der Waals surface area contributed by atoms with Crippen LogP contribution in [-0.2, 0) is 0 Å². The predicted molar refractivity (Wildman–Crippen MR) is 48.4 cm³/mol. The van der Waals surface area contributed by atoms with Crippen LogP contribution in [-0.4, -0.2) is 19.9 Å². The van der Waals surface area contributed by atoms with Crippen LogP contribution in [0.1, 0.15) is 0 Å². The van der Waals surface area contributed by atoms with Crippen molar-refractivity contribution in [1.82, 2.24) is 4.98 Å². The van der Waals surface area contributed by atoms with Gasteiger partial charge in [-0.05, 0) is 11.5 Å². The first kappa shape index (κ1) is 8.20. The maximum atomic E-state index is 5.65. The first-order valence-electron chi connectivity index (χ1n) is 3.11. The highest BCUT2D eigenvalue weighted by molar-refractivity contribution is 6.36. The lowest BCUT2D eigenvalue weighted by Crippen LogP contribution is -2.10. The minimum Gasteiger partial charge on any atom is -0.481 e. The molecule has 1 heterocycles. The summed E-state index contributed by atoms with van der Waals surface area (Å²) in [5.41, 5.74) is 6.85. The zero-order valence-corrected chi connectivity index (χ0v) is 7.14. The quantitative estimate of drug-likeness (QED) is 0.460. The normalized spacial score (nSPS) is 9.64. The molecular weight excluding hydrogens is 162 g/mol. The van der Waals surface area contributed by atoms with E-state index in [1.54, 1.807) is 13.2 Å². The Balaban J connectivity index is 3.21. The molecule has 1 rings (SSSR count). The lowest BCUT2D eigenvalue weighted by molar-refractivity contribution is 0.402. The van der Waals surface area contributed by atoms with Gasteiger partial charge in [0.25, 0.3) is 0 Å². The molecule has 1 aromatic heterocycles. The number of hydrogen-bond acceptors (Lipinski definition) is 3. The summed E-state index contributed by atoms with van der Waals surface area (Å²) in [5, 5.41) is 0.285. The van der Waals surface area contributed by atoms with Gasteiger partial charge in [0.1, 0.15) is 7.85 Å². The van der Waals surface area contributed by atoms with Gasteiger partial charge in [-0.25, -0.2) is 0 Å². The van der Waals surface area contributed by atoms with Crippen molar-refractivity contribution in [2.24, 2.45) is 0 Å². The summed E-state index contributed by atoms with van der Waals surface area (Å²) in [6.07, 6.45) is 0. The molecule has 0 aliphatic rings. The molecule has 0 aliphatic heterocycles. The topological polar surface area (TPSA) is 48.1 Å². The molecule has 1 aromatic rings. The Bertz CT molecular complexity index is 280. The molecule has 2 N–H and O–H groups in total. The zero-order valence-electron chi connectivity index (χ0n) is 6.39. The third-order valence-electron chi connectivity index (χ3n) is 1.34. The van der Waals surface area contributed by atoms with E-state index in [4.69, 9.17) is 22.1 Å². The van der Waals surface area contributed by atoms with Crippen LogP contribution in [0.25, 0.3) is 0 Å². The van der Waals surface area contributed by atoms with Crippen LogP contribution in [0, 0.1) is 0 Å². The first-order chi connectivity index (χ1) is 5.15. The van der Waals surface area contributed by atoms with Gasteiger partial charge in [0.2, 0.25) is 5.88 Å². The van der Waals surface area contributed by atoms with Crippen LogP contribution in [0.2, 0.25) is 5.15 Å². The third-order valence-corrected chi connectivity index (χ3v) is 1.64. The Morgan fingerprint density at radius 2 is 2.36 bits per heavy atom. The third kappa shape index (κ3) is 1.57. The van der Waals surface area contributed by atoms with Crippen LogP contribution in [0.4, 0.5) is 5.69 Å². The molecule has 0 aromatic carbocycles. The minimum absolute atomic E-state index is 0.285. The molecule has 0 atom stereocenters. The number of aromatic nitrogens is 1. The summed E-state index contributed by atoms with van der Waals surface area (Å²) in [6.45, 7) is 0. The second-order valence-corrected chi connectivity index (χ2v) is 2.55. The summed E-state index contributed by atoms with van der Waals surface area (Å²) in [7, 11) is 3.40. The van der Waals surface area contributed by atoms with E-state index in [0.29, 0.717) is 11.6 Å². The molecule has 58 valence electrons. The van der Waals surface area contributed by atoms with Crippen molar-refractivity contribution in [2.45, 2.75) is 0 Å². The van der Waals surface area contributed by atoms with Gasteiger partial charge >= 0.3 is 0 Å². The van der Waals surface area contributed by atoms with Gasteiger partial charge in [-0.15, -0.1) is 0 Å². The van der Waals surface area contributed by atoms with Crippen molar-refractivity contribution in [3.05, 3.63) is 11.2 Å². The second-order valence-electron chi connectivity index (χ2n) is 2.19. The number of ether oxygens (including phenoxy) is 1. The molecular formula is C6H8BClN2O. The summed E-state index contributed by atoms with van der Waals surface area (Å²) < 4.78 is 4.93. The second kappa shape index (κ2) is 3.01. The number of nitrogens with two attached hydrogens (primary N) is 1. The molecule has 0 unspecified atom stereocenters. The molecule has 0 bridgehead atoms.